The summed E-state index contributed by atoms with van der Waals surface area (Å²) in [6, 6.07) is 9.55. The average Bonchev–Trinajstić information content (AvgIpc) is 3.41. The summed E-state index contributed by atoms with van der Waals surface area (Å²) in [4.78, 5) is 28.3. The number of anilines is 1. The molecule has 1 aromatic heterocycles. The van der Waals surface area contributed by atoms with E-state index in [0.717, 1.165) is 12.1 Å². The van der Waals surface area contributed by atoms with E-state index in [1.807, 2.05) is 6.07 Å². The highest BCUT2D eigenvalue weighted by Crippen LogP contribution is 2.39. The second kappa shape index (κ2) is 7.15. The highest BCUT2D eigenvalue weighted by Gasteiger charge is 2.48. The first-order chi connectivity index (χ1) is 12.3. The number of hydrogen-bond donors (Lipinski definition) is 2. The summed E-state index contributed by atoms with van der Waals surface area (Å²) in [6.07, 6.45) is -2.38. The topological polar surface area (TPSA) is 71.1 Å². The van der Waals surface area contributed by atoms with E-state index < -0.39 is 23.6 Å². The van der Waals surface area contributed by atoms with Gasteiger partial charge < -0.3 is 10.6 Å². The second-order valence-corrected chi connectivity index (χ2v) is 6.05. The molecule has 0 saturated heterocycles. The van der Waals surface area contributed by atoms with Gasteiger partial charge in [0.1, 0.15) is 0 Å². The first-order valence-electron chi connectivity index (χ1n) is 8.00. The number of carbonyl (C=O) groups excluding carboxylic acids is 2. The van der Waals surface area contributed by atoms with Crippen LogP contribution in [0.2, 0.25) is 0 Å². The van der Waals surface area contributed by atoms with E-state index in [1.54, 1.807) is 18.3 Å². The van der Waals surface area contributed by atoms with Crippen molar-refractivity contribution in [1.82, 2.24) is 10.3 Å². The lowest BCUT2D eigenvalue weighted by atomic mass is 10.2. The molecule has 1 fully saturated rings. The number of nitrogens with one attached hydrogen (secondary N) is 2. The number of nitrogens with zero attached hydrogens (tertiary/aromatic N) is 1. The molecule has 2 unspecified atom stereocenters. The molecule has 26 heavy (non-hydrogen) atoms. The van der Waals surface area contributed by atoms with Crippen LogP contribution in [0.1, 0.15) is 17.7 Å². The van der Waals surface area contributed by atoms with Gasteiger partial charge in [-0.15, -0.1) is 0 Å². The van der Waals surface area contributed by atoms with Crippen molar-refractivity contribution in [3.05, 3.63) is 59.9 Å². The Morgan fingerprint density at radius 3 is 2.35 bits per heavy atom. The molecular formula is C18H16F3N3O2. The van der Waals surface area contributed by atoms with E-state index in [9.17, 15) is 22.8 Å². The molecule has 1 saturated carbocycles. The maximum absolute atomic E-state index is 12.5. The van der Waals surface area contributed by atoms with Crippen LogP contribution in [-0.4, -0.2) is 16.8 Å². The molecule has 0 spiro atoms. The van der Waals surface area contributed by atoms with Crippen LogP contribution in [0.4, 0.5) is 18.9 Å². The minimum atomic E-state index is -4.42. The summed E-state index contributed by atoms with van der Waals surface area (Å²) < 4.78 is 37.6. The molecule has 2 aromatic rings. The Kier molecular flexibility index (Phi) is 4.92. The maximum atomic E-state index is 12.5. The Bertz CT molecular complexity index is 792. The van der Waals surface area contributed by atoms with Crippen molar-refractivity contribution in [2.75, 3.05) is 5.32 Å². The molecule has 0 aliphatic heterocycles. The van der Waals surface area contributed by atoms with Gasteiger partial charge >= 0.3 is 6.18 Å². The average molecular weight is 363 g/mol. The number of alkyl halides is 3. The van der Waals surface area contributed by atoms with Crippen LogP contribution < -0.4 is 10.6 Å². The molecule has 1 aliphatic rings. The van der Waals surface area contributed by atoms with E-state index in [4.69, 9.17) is 0 Å². The molecule has 1 heterocycles. The Hall–Kier alpha value is -2.90. The van der Waals surface area contributed by atoms with Crippen molar-refractivity contribution in [2.45, 2.75) is 19.1 Å². The molecule has 0 bridgehead atoms. The first-order valence-corrected chi connectivity index (χ1v) is 8.00. The monoisotopic (exact) mass is 363 g/mol. The lowest BCUT2D eigenvalue weighted by molar-refractivity contribution is -0.137. The van der Waals surface area contributed by atoms with Crippen LogP contribution in [0.3, 0.4) is 0 Å². The van der Waals surface area contributed by atoms with E-state index in [2.05, 4.69) is 15.6 Å². The molecule has 1 aromatic carbocycles. The molecule has 2 atom stereocenters. The van der Waals surface area contributed by atoms with Gasteiger partial charge in [-0.3, -0.25) is 14.6 Å². The number of benzene rings is 1. The van der Waals surface area contributed by atoms with Crippen molar-refractivity contribution < 1.29 is 22.8 Å². The van der Waals surface area contributed by atoms with Gasteiger partial charge in [0.15, 0.2) is 0 Å². The maximum Gasteiger partial charge on any atom is 0.416 e. The number of pyridine rings is 1. The third-order valence-corrected chi connectivity index (χ3v) is 4.11. The summed E-state index contributed by atoms with van der Waals surface area (Å²) in [5, 5.41) is 5.27. The van der Waals surface area contributed by atoms with Crippen molar-refractivity contribution in [3.8, 4) is 0 Å². The SMILES string of the molecule is O=C(NCc1ccccn1)C1CC1C(=O)Nc1ccc(C(F)(F)F)cc1. The Morgan fingerprint density at radius 1 is 1.04 bits per heavy atom. The lowest BCUT2D eigenvalue weighted by Gasteiger charge is -2.09. The molecule has 8 heteroatoms. The fraction of sp³-hybridized carbons (Fsp3) is 0.278. The highest BCUT2D eigenvalue weighted by atomic mass is 19.4. The number of halogens is 3. The quantitative estimate of drug-likeness (QED) is 0.858. The largest absolute Gasteiger partial charge is 0.416 e. The summed E-state index contributed by atoms with van der Waals surface area (Å²) in [5.41, 5.74) is 0.198. The normalized spacial score (nSPS) is 18.9. The van der Waals surface area contributed by atoms with Crippen LogP contribution in [0.5, 0.6) is 0 Å². The lowest BCUT2D eigenvalue weighted by Crippen LogP contribution is -2.27. The summed E-state index contributed by atoms with van der Waals surface area (Å²) in [5.74, 6) is -1.50. The Labute approximate surface area is 147 Å². The van der Waals surface area contributed by atoms with E-state index in [-0.39, 0.29) is 24.0 Å². The predicted octanol–water partition coefficient (Wildman–Crippen LogP) is 2.99. The van der Waals surface area contributed by atoms with Crippen molar-refractivity contribution in [1.29, 1.82) is 0 Å². The number of hydrogen-bond acceptors (Lipinski definition) is 3. The highest BCUT2D eigenvalue weighted by molar-refractivity contribution is 5.99. The summed E-state index contributed by atoms with van der Waals surface area (Å²) in [7, 11) is 0. The van der Waals surface area contributed by atoms with E-state index in [0.29, 0.717) is 12.1 Å². The molecule has 2 N–H and O–H groups in total. The molecular weight excluding hydrogens is 347 g/mol. The first kappa shape index (κ1) is 17.9. The van der Waals surface area contributed by atoms with Crippen molar-refractivity contribution in [2.24, 2.45) is 11.8 Å². The van der Waals surface area contributed by atoms with Crippen LogP contribution in [0.25, 0.3) is 0 Å². The van der Waals surface area contributed by atoms with Crippen molar-refractivity contribution >= 4 is 17.5 Å². The summed E-state index contributed by atoms with van der Waals surface area (Å²) in [6.45, 7) is 0.281. The smallest absolute Gasteiger partial charge is 0.350 e. The Balaban J connectivity index is 1.48. The van der Waals surface area contributed by atoms with Crippen molar-refractivity contribution in [3.63, 3.8) is 0 Å². The van der Waals surface area contributed by atoms with Crippen LogP contribution in [0, 0.1) is 11.8 Å². The van der Waals surface area contributed by atoms with Crippen LogP contribution in [-0.2, 0) is 22.3 Å². The van der Waals surface area contributed by atoms with Gasteiger partial charge in [-0.1, -0.05) is 6.07 Å². The minimum Gasteiger partial charge on any atom is -0.350 e. The zero-order valence-corrected chi connectivity index (χ0v) is 13.6. The molecule has 5 nitrogen and oxygen atoms in total. The molecule has 0 radical (unpaired) electrons. The van der Waals surface area contributed by atoms with E-state index >= 15 is 0 Å². The van der Waals surface area contributed by atoms with Gasteiger partial charge in [-0.2, -0.15) is 13.2 Å². The van der Waals surface area contributed by atoms with Gasteiger partial charge in [0, 0.05) is 11.9 Å². The Morgan fingerprint density at radius 2 is 1.73 bits per heavy atom. The third-order valence-electron chi connectivity index (χ3n) is 4.11. The third kappa shape index (κ3) is 4.38. The number of carbonyl (C=O) groups is 2. The van der Waals surface area contributed by atoms with Crippen LogP contribution >= 0.6 is 0 Å². The number of aromatic nitrogens is 1. The standard InChI is InChI=1S/C18H16F3N3O2/c19-18(20,21)11-4-6-12(7-5-11)24-17(26)15-9-14(15)16(25)23-10-13-3-1-2-8-22-13/h1-8,14-15H,9-10H2,(H,23,25)(H,24,26). The number of amides is 2. The second-order valence-electron chi connectivity index (χ2n) is 6.05. The zero-order valence-electron chi connectivity index (χ0n) is 13.6. The minimum absolute atomic E-state index is 0.233. The summed E-state index contributed by atoms with van der Waals surface area (Å²) >= 11 is 0. The molecule has 3 rings (SSSR count). The number of rotatable bonds is 5. The fourth-order valence-corrected chi connectivity index (χ4v) is 2.56. The fourth-order valence-electron chi connectivity index (χ4n) is 2.56. The van der Waals surface area contributed by atoms with Gasteiger partial charge in [-0.05, 0) is 42.8 Å². The van der Waals surface area contributed by atoms with Gasteiger partial charge in [0.25, 0.3) is 0 Å². The molecule has 1 aliphatic carbocycles. The van der Waals surface area contributed by atoms with Gasteiger partial charge in [0.05, 0.1) is 29.6 Å². The predicted molar refractivity (Wildman–Crippen MR) is 87.8 cm³/mol. The van der Waals surface area contributed by atoms with Crippen LogP contribution in [0.15, 0.2) is 48.7 Å². The van der Waals surface area contributed by atoms with E-state index in [1.165, 1.54) is 12.1 Å². The molecule has 2 amide bonds. The molecule has 136 valence electrons. The zero-order chi connectivity index (χ0) is 18.7. The van der Waals surface area contributed by atoms with Gasteiger partial charge in [0.2, 0.25) is 11.8 Å². The van der Waals surface area contributed by atoms with Gasteiger partial charge in [-0.25, -0.2) is 0 Å².